The highest BCUT2D eigenvalue weighted by molar-refractivity contribution is 6.88. The van der Waals surface area contributed by atoms with Crippen LogP contribution in [0.3, 0.4) is 0 Å². The first-order valence-electron chi connectivity index (χ1n) is 7.15. The third-order valence-corrected chi connectivity index (χ3v) is 7.54. The molecule has 2 aromatic rings. The Labute approximate surface area is 122 Å². The maximum atomic E-state index is 9.88. The van der Waals surface area contributed by atoms with Gasteiger partial charge in [-0.3, -0.25) is 0 Å². The van der Waals surface area contributed by atoms with Crippen LogP contribution in [0, 0.1) is 20.8 Å². The molecular weight excluding hydrogens is 264 g/mol. The van der Waals surface area contributed by atoms with Crippen LogP contribution in [0.1, 0.15) is 22.3 Å². The standard InChI is InChI=1S/C17H24O2Si/c1-12-11-16(18)14(3)13(2)15(12)8-10-20(4,5)17-7-6-9-19-17/h6-7,9,11,18H,8,10H2,1-5H3. The molecule has 2 nitrogen and oxygen atoms in total. The summed E-state index contributed by atoms with van der Waals surface area (Å²) in [5.41, 5.74) is 4.80. The third-order valence-electron chi connectivity index (χ3n) is 4.42. The van der Waals surface area contributed by atoms with Gasteiger partial charge in [0.05, 0.1) is 11.6 Å². The van der Waals surface area contributed by atoms with Crippen molar-refractivity contribution in [3.8, 4) is 5.75 Å². The summed E-state index contributed by atoms with van der Waals surface area (Å²) in [5, 5.41) is 11.0. The summed E-state index contributed by atoms with van der Waals surface area (Å²) in [5.74, 6) is 0.409. The van der Waals surface area contributed by atoms with E-state index < -0.39 is 8.07 Å². The first kappa shape index (κ1) is 14.9. The number of benzene rings is 1. The maximum absolute atomic E-state index is 9.88. The van der Waals surface area contributed by atoms with Gasteiger partial charge in [0.1, 0.15) is 13.8 Å². The zero-order valence-electron chi connectivity index (χ0n) is 13.1. The molecule has 1 N–H and O–H groups in total. The number of hydrogen-bond acceptors (Lipinski definition) is 2. The minimum atomic E-state index is -1.52. The molecule has 0 fully saturated rings. The van der Waals surface area contributed by atoms with Gasteiger partial charge in [-0.2, -0.15) is 0 Å². The second-order valence-electron chi connectivity index (χ2n) is 6.30. The molecule has 0 aliphatic heterocycles. The zero-order valence-corrected chi connectivity index (χ0v) is 14.1. The van der Waals surface area contributed by atoms with Gasteiger partial charge in [0.15, 0.2) is 0 Å². The normalized spacial score (nSPS) is 11.8. The van der Waals surface area contributed by atoms with Gasteiger partial charge in [0, 0.05) is 0 Å². The summed E-state index contributed by atoms with van der Waals surface area (Å²) in [6.07, 6.45) is 2.82. The minimum absolute atomic E-state index is 0.409. The summed E-state index contributed by atoms with van der Waals surface area (Å²) < 4.78 is 5.61. The number of hydrogen-bond donors (Lipinski definition) is 1. The molecule has 0 aliphatic rings. The van der Waals surface area contributed by atoms with Gasteiger partial charge in [-0.25, -0.2) is 0 Å². The van der Waals surface area contributed by atoms with Crippen LogP contribution in [0.25, 0.3) is 0 Å². The molecule has 0 saturated heterocycles. The van der Waals surface area contributed by atoms with Crippen molar-refractivity contribution >= 4 is 13.5 Å². The van der Waals surface area contributed by atoms with E-state index in [1.54, 1.807) is 6.26 Å². The van der Waals surface area contributed by atoms with Crippen molar-refractivity contribution in [2.24, 2.45) is 0 Å². The summed E-state index contributed by atoms with van der Waals surface area (Å²) in [6.45, 7) is 10.9. The van der Waals surface area contributed by atoms with Crippen molar-refractivity contribution in [2.45, 2.75) is 46.3 Å². The number of phenolic OH excluding ortho intramolecular Hbond substituents is 1. The molecule has 1 heterocycles. The average Bonchev–Trinajstić information content (AvgIpc) is 2.90. The van der Waals surface area contributed by atoms with Crippen molar-refractivity contribution in [2.75, 3.05) is 0 Å². The zero-order chi connectivity index (χ0) is 14.9. The molecule has 0 spiro atoms. The Balaban J connectivity index is 2.22. The van der Waals surface area contributed by atoms with Gasteiger partial charge in [0.25, 0.3) is 0 Å². The number of rotatable bonds is 4. The van der Waals surface area contributed by atoms with E-state index in [2.05, 4.69) is 33.0 Å². The van der Waals surface area contributed by atoms with E-state index in [0.29, 0.717) is 5.75 Å². The van der Waals surface area contributed by atoms with E-state index in [0.717, 1.165) is 18.0 Å². The Hall–Kier alpha value is -1.48. The lowest BCUT2D eigenvalue weighted by atomic mass is 9.96. The summed E-state index contributed by atoms with van der Waals surface area (Å²) >= 11 is 0. The van der Waals surface area contributed by atoms with Gasteiger partial charge in [-0.05, 0) is 73.7 Å². The minimum Gasteiger partial charge on any atom is -0.508 e. The topological polar surface area (TPSA) is 33.4 Å². The molecule has 1 aromatic carbocycles. The molecular formula is C17H24O2Si. The Morgan fingerprint density at radius 1 is 1.15 bits per heavy atom. The molecule has 2 rings (SSSR count). The molecule has 0 saturated carbocycles. The number of aromatic hydroxyl groups is 1. The van der Waals surface area contributed by atoms with E-state index in [1.807, 2.05) is 19.1 Å². The van der Waals surface area contributed by atoms with Crippen LogP contribution in [0.5, 0.6) is 5.75 Å². The second kappa shape index (κ2) is 5.48. The molecule has 0 bridgehead atoms. The molecule has 0 atom stereocenters. The largest absolute Gasteiger partial charge is 0.508 e. The number of phenols is 1. The number of aryl methyl sites for hydroxylation is 1. The van der Waals surface area contributed by atoms with E-state index >= 15 is 0 Å². The van der Waals surface area contributed by atoms with Crippen LogP contribution < -0.4 is 5.38 Å². The fourth-order valence-corrected chi connectivity index (χ4v) is 4.78. The van der Waals surface area contributed by atoms with Gasteiger partial charge < -0.3 is 9.52 Å². The fourth-order valence-electron chi connectivity index (χ4n) is 2.72. The second-order valence-corrected chi connectivity index (χ2v) is 11.1. The van der Waals surface area contributed by atoms with Crippen LogP contribution in [0.15, 0.2) is 28.9 Å². The molecule has 1 aromatic heterocycles. The van der Waals surface area contributed by atoms with Gasteiger partial charge in [-0.15, -0.1) is 0 Å². The van der Waals surface area contributed by atoms with Crippen LogP contribution in [-0.4, -0.2) is 13.2 Å². The van der Waals surface area contributed by atoms with E-state index in [-0.39, 0.29) is 0 Å². The van der Waals surface area contributed by atoms with Crippen molar-refractivity contribution < 1.29 is 9.52 Å². The Kier molecular flexibility index (Phi) is 4.09. The van der Waals surface area contributed by atoms with Gasteiger partial charge >= 0.3 is 0 Å². The van der Waals surface area contributed by atoms with E-state index in [1.165, 1.54) is 22.1 Å². The lowest BCUT2D eigenvalue weighted by Crippen LogP contribution is -2.40. The molecule has 3 heteroatoms. The lowest BCUT2D eigenvalue weighted by molar-refractivity contribution is 0.469. The van der Waals surface area contributed by atoms with Gasteiger partial charge in [0.2, 0.25) is 0 Å². The highest BCUT2D eigenvalue weighted by atomic mass is 28.3. The van der Waals surface area contributed by atoms with Crippen molar-refractivity contribution in [1.29, 1.82) is 0 Å². The summed E-state index contributed by atoms with van der Waals surface area (Å²) in [6, 6.07) is 7.13. The average molecular weight is 288 g/mol. The summed E-state index contributed by atoms with van der Waals surface area (Å²) in [7, 11) is -1.52. The van der Waals surface area contributed by atoms with Crippen molar-refractivity contribution in [3.05, 3.63) is 46.7 Å². The Bertz CT molecular complexity index is 598. The highest BCUT2D eigenvalue weighted by Gasteiger charge is 2.27. The smallest absolute Gasteiger partial charge is 0.126 e. The fraction of sp³-hybridized carbons (Fsp3) is 0.412. The monoisotopic (exact) mass is 288 g/mol. The number of furan rings is 1. The van der Waals surface area contributed by atoms with Crippen LogP contribution in [0.4, 0.5) is 0 Å². The van der Waals surface area contributed by atoms with Crippen LogP contribution in [0.2, 0.25) is 19.1 Å². The molecule has 20 heavy (non-hydrogen) atoms. The van der Waals surface area contributed by atoms with Crippen LogP contribution >= 0.6 is 0 Å². The molecule has 0 radical (unpaired) electrons. The lowest BCUT2D eigenvalue weighted by Gasteiger charge is -2.21. The summed E-state index contributed by atoms with van der Waals surface area (Å²) in [4.78, 5) is 0. The first-order chi connectivity index (χ1) is 9.33. The maximum Gasteiger partial charge on any atom is 0.126 e. The predicted octanol–water partition coefficient (Wildman–Crippen LogP) is 4.07. The highest BCUT2D eigenvalue weighted by Crippen LogP contribution is 2.28. The van der Waals surface area contributed by atoms with Crippen molar-refractivity contribution in [3.63, 3.8) is 0 Å². The molecule has 0 amide bonds. The Morgan fingerprint density at radius 2 is 1.85 bits per heavy atom. The Morgan fingerprint density at radius 3 is 2.45 bits per heavy atom. The van der Waals surface area contributed by atoms with Crippen molar-refractivity contribution in [1.82, 2.24) is 0 Å². The molecule has 108 valence electrons. The van der Waals surface area contributed by atoms with E-state index in [9.17, 15) is 5.11 Å². The first-order valence-corrected chi connectivity index (χ1v) is 10.4. The molecule has 0 unspecified atom stereocenters. The van der Waals surface area contributed by atoms with E-state index in [4.69, 9.17) is 4.42 Å². The van der Waals surface area contributed by atoms with Crippen LogP contribution in [-0.2, 0) is 6.42 Å². The predicted molar refractivity (Wildman–Crippen MR) is 86.7 cm³/mol. The SMILES string of the molecule is Cc1cc(O)c(C)c(C)c1CC[Si](C)(C)c1ccco1. The van der Waals surface area contributed by atoms with Gasteiger partial charge in [-0.1, -0.05) is 13.1 Å². The third kappa shape index (κ3) is 2.83. The molecule has 0 aliphatic carbocycles. The quantitative estimate of drug-likeness (QED) is 0.860.